The largest absolute Gasteiger partial charge is 0.359 e. The van der Waals surface area contributed by atoms with Gasteiger partial charge in [-0.1, -0.05) is 28.9 Å². The maximum absolute atomic E-state index is 12.7. The van der Waals surface area contributed by atoms with Gasteiger partial charge in [-0.15, -0.1) is 0 Å². The van der Waals surface area contributed by atoms with Gasteiger partial charge in [0.1, 0.15) is 5.54 Å². The quantitative estimate of drug-likeness (QED) is 0.882. The Labute approximate surface area is 132 Å². The van der Waals surface area contributed by atoms with E-state index in [-0.39, 0.29) is 12.5 Å². The molecule has 0 saturated carbocycles. The number of carbonyl (C=O) groups is 2. The lowest BCUT2D eigenvalue weighted by Gasteiger charge is -2.22. The topological polar surface area (TPSA) is 75.4 Å². The molecule has 1 fully saturated rings. The summed E-state index contributed by atoms with van der Waals surface area (Å²) in [5.74, 6) is 0.121. The highest BCUT2D eigenvalue weighted by Crippen LogP contribution is 2.30. The van der Waals surface area contributed by atoms with E-state index in [0.29, 0.717) is 22.0 Å². The van der Waals surface area contributed by atoms with Crippen LogP contribution in [0.3, 0.4) is 0 Å². The molecule has 22 heavy (non-hydrogen) atoms. The van der Waals surface area contributed by atoms with E-state index in [0.717, 1.165) is 4.90 Å². The van der Waals surface area contributed by atoms with Gasteiger partial charge in [0.25, 0.3) is 5.91 Å². The highest BCUT2D eigenvalue weighted by atomic mass is 35.5. The number of nitrogens with zero attached hydrogens (tertiary/aromatic N) is 2. The highest BCUT2D eigenvalue weighted by molar-refractivity contribution is 6.30. The van der Waals surface area contributed by atoms with Crippen LogP contribution in [0, 0.1) is 6.92 Å². The minimum Gasteiger partial charge on any atom is -0.359 e. The number of nitrogens with one attached hydrogen (secondary N) is 1. The van der Waals surface area contributed by atoms with Crippen molar-refractivity contribution in [2.45, 2.75) is 25.9 Å². The van der Waals surface area contributed by atoms with Crippen LogP contribution in [0.1, 0.15) is 23.9 Å². The molecule has 1 aliphatic heterocycles. The average Bonchev–Trinajstić information content (AvgIpc) is 2.97. The summed E-state index contributed by atoms with van der Waals surface area (Å²) in [5.41, 5.74) is 0.255. The number of aromatic nitrogens is 1. The van der Waals surface area contributed by atoms with E-state index in [4.69, 9.17) is 16.1 Å². The number of hydrogen-bond acceptors (Lipinski definition) is 4. The van der Waals surface area contributed by atoms with Crippen molar-refractivity contribution in [1.29, 1.82) is 0 Å². The molecule has 1 aromatic heterocycles. The van der Waals surface area contributed by atoms with Gasteiger partial charge in [0.2, 0.25) is 0 Å². The van der Waals surface area contributed by atoms with Crippen LogP contribution in [-0.2, 0) is 16.9 Å². The van der Waals surface area contributed by atoms with Gasteiger partial charge in [0.15, 0.2) is 5.76 Å². The number of carbonyl (C=O) groups excluding carboxylic acids is 2. The SMILES string of the molecule is Cc1cc(CN2C(=O)N[C@@](C)(c3ccc(Cl)cc3)C2=O)on1. The van der Waals surface area contributed by atoms with Gasteiger partial charge in [-0.2, -0.15) is 0 Å². The molecule has 6 nitrogen and oxygen atoms in total. The smallest absolute Gasteiger partial charge is 0.325 e. The Kier molecular flexibility index (Phi) is 3.41. The summed E-state index contributed by atoms with van der Waals surface area (Å²) in [4.78, 5) is 26.0. The third-order valence-corrected chi connectivity index (χ3v) is 3.94. The first kappa shape index (κ1) is 14.6. The number of amides is 3. The molecule has 1 aromatic carbocycles. The number of benzene rings is 1. The fraction of sp³-hybridized carbons (Fsp3) is 0.267. The summed E-state index contributed by atoms with van der Waals surface area (Å²) in [6, 6.07) is 8.05. The van der Waals surface area contributed by atoms with Gasteiger partial charge in [-0.3, -0.25) is 9.69 Å². The number of imide groups is 1. The lowest BCUT2D eigenvalue weighted by atomic mass is 9.92. The van der Waals surface area contributed by atoms with Crippen LogP contribution in [0.15, 0.2) is 34.9 Å². The van der Waals surface area contributed by atoms with Crippen LogP contribution in [0.4, 0.5) is 4.79 Å². The van der Waals surface area contributed by atoms with E-state index in [2.05, 4.69) is 10.5 Å². The molecule has 2 aromatic rings. The summed E-state index contributed by atoms with van der Waals surface area (Å²) in [7, 11) is 0. The zero-order valence-corrected chi connectivity index (χ0v) is 12.8. The predicted molar refractivity (Wildman–Crippen MR) is 79.1 cm³/mol. The number of aryl methyl sites for hydroxylation is 1. The van der Waals surface area contributed by atoms with Crippen LogP contribution in [-0.4, -0.2) is 22.0 Å². The Morgan fingerprint density at radius 3 is 2.59 bits per heavy atom. The first-order valence-corrected chi connectivity index (χ1v) is 7.10. The molecular weight excluding hydrogens is 306 g/mol. The van der Waals surface area contributed by atoms with Crippen molar-refractivity contribution in [3.63, 3.8) is 0 Å². The van der Waals surface area contributed by atoms with Crippen molar-refractivity contribution in [3.8, 4) is 0 Å². The van der Waals surface area contributed by atoms with E-state index in [1.54, 1.807) is 44.2 Å². The Hall–Kier alpha value is -2.34. The molecule has 3 amide bonds. The van der Waals surface area contributed by atoms with Gasteiger partial charge in [0.05, 0.1) is 12.2 Å². The fourth-order valence-electron chi connectivity index (χ4n) is 2.47. The maximum atomic E-state index is 12.7. The van der Waals surface area contributed by atoms with E-state index < -0.39 is 11.6 Å². The monoisotopic (exact) mass is 319 g/mol. The minimum atomic E-state index is -1.11. The standard InChI is InChI=1S/C15H14ClN3O3/c1-9-7-12(22-18-9)8-19-13(20)15(2,17-14(19)21)10-3-5-11(16)6-4-10/h3-7H,8H2,1-2H3,(H,17,21)/t15-/m0/s1. The van der Waals surface area contributed by atoms with Crippen molar-refractivity contribution in [2.24, 2.45) is 0 Å². The predicted octanol–water partition coefficient (Wildman–Crippen LogP) is 2.60. The summed E-state index contributed by atoms with van der Waals surface area (Å²) < 4.78 is 5.07. The Morgan fingerprint density at radius 2 is 2.00 bits per heavy atom. The molecule has 0 bridgehead atoms. The third kappa shape index (κ3) is 2.35. The van der Waals surface area contributed by atoms with E-state index in [1.807, 2.05) is 0 Å². The van der Waals surface area contributed by atoms with Gasteiger partial charge >= 0.3 is 6.03 Å². The summed E-state index contributed by atoms with van der Waals surface area (Å²) >= 11 is 5.87. The van der Waals surface area contributed by atoms with Gasteiger partial charge in [0, 0.05) is 11.1 Å². The Bertz CT molecular complexity index is 741. The maximum Gasteiger partial charge on any atom is 0.325 e. The second-order valence-corrected chi connectivity index (χ2v) is 5.82. The summed E-state index contributed by atoms with van der Waals surface area (Å²) in [6.45, 7) is 3.49. The minimum absolute atomic E-state index is 0.0503. The van der Waals surface area contributed by atoms with Crippen LogP contribution in [0.5, 0.6) is 0 Å². The zero-order valence-electron chi connectivity index (χ0n) is 12.1. The first-order chi connectivity index (χ1) is 10.4. The number of rotatable bonds is 3. The Morgan fingerprint density at radius 1 is 1.32 bits per heavy atom. The zero-order chi connectivity index (χ0) is 15.9. The molecule has 114 valence electrons. The average molecular weight is 320 g/mol. The molecule has 2 heterocycles. The molecule has 7 heteroatoms. The fourth-order valence-corrected chi connectivity index (χ4v) is 2.59. The molecule has 1 saturated heterocycles. The molecule has 0 unspecified atom stereocenters. The second-order valence-electron chi connectivity index (χ2n) is 5.39. The molecule has 1 N–H and O–H groups in total. The lowest BCUT2D eigenvalue weighted by Crippen LogP contribution is -2.40. The van der Waals surface area contributed by atoms with Crippen molar-refractivity contribution >= 4 is 23.5 Å². The van der Waals surface area contributed by atoms with Crippen LogP contribution in [0.2, 0.25) is 5.02 Å². The lowest BCUT2D eigenvalue weighted by molar-refractivity contribution is -0.131. The first-order valence-electron chi connectivity index (χ1n) is 6.72. The van der Waals surface area contributed by atoms with Crippen molar-refractivity contribution in [3.05, 3.63) is 52.4 Å². The molecule has 0 radical (unpaired) electrons. The van der Waals surface area contributed by atoms with Gasteiger partial charge < -0.3 is 9.84 Å². The number of urea groups is 1. The van der Waals surface area contributed by atoms with E-state index in [9.17, 15) is 9.59 Å². The molecule has 1 atom stereocenters. The van der Waals surface area contributed by atoms with Gasteiger partial charge in [-0.05, 0) is 31.5 Å². The van der Waals surface area contributed by atoms with Crippen molar-refractivity contribution in [1.82, 2.24) is 15.4 Å². The van der Waals surface area contributed by atoms with Crippen LogP contribution >= 0.6 is 11.6 Å². The Balaban J connectivity index is 1.88. The van der Waals surface area contributed by atoms with Crippen molar-refractivity contribution in [2.75, 3.05) is 0 Å². The molecule has 3 rings (SSSR count). The summed E-state index contributed by atoms with van der Waals surface area (Å²) in [5, 5.41) is 7.05. The van der Waals surface area contributed by atoms with Crippen LogP contribution < -0.4 is 5.32 Å². The molecule has 1 aliphatic rings. The molecule has 0 aliphatic carbocycles. The number of hydrogen-bond donors (Lipinski definition) is 1. The van der Waals surface area contributed by atoms with Gasteiger partial charge in [-0.25, -0.2) is 4.79 Å². The van der Waals surface area contributed by atoms with Crippen molar-refractivity contribution < 1.29 is 14.1 Å². The normalized spacial score (nSPS) is 21.3. The number of halogens is 1. The van der Waals surface area contributed by atoms with E-state index in [1.165, 1.54) is 0 Å². The molecular formula is C15H14ClN3O3. The third-order valence-electron chi connectivity index (χ3n) is 3.69. The van der Waals surface area contributed by atoms with Crippen LogP contribution in [0.25, 0.3) is 0 Å². The highest BCUT2D eigenvalue weighted by Gasteiger charge is 2.49. The molecule has 0 spiro atoms. The van der Waals surface area contributed by atoms with E-state index >= 15 is 0 Å². The second kappa shape index (κ2) is 5.14. The summed E-state index contributed by atoms with van der Waals surface area (Å²) in [6.07, 6.45) is 0.